The van der Waals surface area contributed by atoms with Gasteiger partial charge in [-0.05, 0) is 6.92 Å². The fourth-order valence-corrected chi connectivity index (χ4v) is 0.767. The average molecular weight is 204 g/mol. The Hall–Kier alpha value is -1.59. The quantitative estimate of drug-likeness (QED) is 0.632. The summed E-state index contributed by atoms with van der Waals surface area (Å²) in [6.07, 6.45) is -1.94. The lowest BCUT2D eigenvalue weighted by molar-refractivity contribution is -0.169. The lowest BCUT2D eigenvalue weighted by Crippen LogP contribution is -2.30. The summed E-state index contributed by atoms with van der Waals surface area (Å²) in [6.45, 7) is 2.77. The van der Waals surface area contributed by atoms with Gasteiger partial charge in [-0.1, -0.05) is 0 Å². The molecule has 0 fully saturated rings. The van der Waals surface area contributed by atoms with Crippen LogP contribution in [0.1, 0.15) is 20.3 Å². The van der Waals surface area contributed by atoms with Crippen molar-refractivity contribution in [1.29, 1.82) is 0 Å². The van der Waals surface area contributed by atoms with Crippen LogP contribution >= 0.6 is 0 Å². The van der Waals surface area contributed by atoms with Gasteiger partial charge in [-0.25, -0.2) is 4.79 Å². The minimum Gasteiger partial charge on any atom is -0.481 e. The maximum atomic E-state index is 11.1. The Balaban J connectivity index is 4.29. The van der Waals surface area contributed by atoms with E-state index in [0.29, 0.717) is 0 Å². The summed E-state index contributed by atoms with van der Waals surface area (Å²) < 4.78 is 9.01. The lowest BCUT2D eigenvalue weighted by atomic mass is 10.2. The first-order chi connectivity index (χ1) is 6.47. The smallest absolute Gasteiger partial charge is 0.348 e. The molecule has 6 nitrogen and oxygen atoms in total. The molecular weight excluding hydrogens is 192 g/mol. The number of carbonyl (C=O) groups excluding carboxylic acids is 2. The van der Waals surface area contributed by atoms with Gasteiger partial charge >= 0.3 is 17.9 Å². The van der Waals surface area contributed by atoms with Gasteiger partial charge in [0, 0.05) is 6.92 Å². The molecule has 0 aliphatic rings. The molecule has 14 heavy (non-hydrogen) atoms. The predicted molar refractivity (Wildman–Crippen MR) is 44.4 cm³/mol. The molecule has 0 amide bonds. The molecule has 0 aromatic carbocycles. The molecule has 0 saturated heterocycles. The Labute approximate surface area is 80.8 Å². The summed E-state index contributed by atoms with van der Waals surface area (Å²) in [5.74, 6) is -2.79. The van der Waals surface area contributed by atoms with Gasteiger partial charge in [0.05, 0.1) is 13.0 Å². The van der Waals surface area contributed by atoms with Crippen LogP contribution in [0.5, 0.6) is 0 Å². The highest BCUT2D eigenvalue weighted by Crippen LogP contribution is 2.02. The van der Waals surface area contributed by atoms with Gasteiger partial charge in [-0.3, -0.25) is 9.59 Å². The summed E-state index contributed by atoms with van der Waals surface area (Å²) in [5, 5.41) is 8.41. The molecule has 1 atom stereocenters. The van der Waals surface area contributed by atoms with Gasteiger partial charge in [0.1, 0.15) is 0 Å². The van der Waals surface area contributed by atoms with Gasteiger partial charge in [0.15, 0.2) is 0 Å². The molecule has 0 radical (unpaired) electrons. The Morgan fingerprint density at radius 2 is 1.93 bits per heavy atom. The van der Waals surface area contributed by atoms with E-state index in [1.54, 1.807) is 6.92 Å². The zero-order valence-electron chi connectivity index (χ0n) is 7.98. The van der Waals surface area contributed by atoms with Gasteiger partial charge in [-0.15, -0.1) is 0 Å². The molecular formula is C8H12O6. The van der Waals surface area contributed by atoms with Crippen molar-refractivity contribution in [2.75, 3.05) is 6.61 Å². The lowest BCUT2D eigenvalue weighted by Gasteiger charge is -2.12. The summed E-state index contributed by atoms with van der Waals surface area (Å²) in [6, 6.07) is 0. The Bertz CT molecular complexity index is 218. The third-order valence-electron chi connectivity index (χ3n) is 1.22. The van der Waals surface area contributed by atoms with Gasteiger partial charge in [0.25, 0.3) is 0 Å². The second-order valence-electron chi connectivity index (χ2n) is 2.45. The van der Waals surface area contributed by atoms with E-state index in [9.17, 15) is 14.4 Å². The number of ether oxygens (including phenoxy) is 2. The van der Waals surface area contributed by atoms with E-state index in [4.69, 9.17) is 5.11 Å². The molecule has 0 aromatic rings. The van der Waals surface area contributed by atoms with Crippen LogP contribution in [0.25, 0.3) is 0 Å². The molecule has 0 rings (SSSR count). The molecule has 0 spiro atoms. The molecule has 1 N–H and O–H groups in total. The zero-order valence-corrected chi connectivity index (χ0v) is 7.98. The fraction of sp³-hybridized carbons (Fsp3) is 0.625. The van der Waals surface area contributed by atoms with Crippen molar-refractivity contribution in [2.24, 2.45) is 0 Å². The summed E-state index contributed by atoms with van der Waals surface area (Å²) in [7, 11) is 0. The van der Waals surface area contributed by atoms with Crippen molar-refractivity contribution in [3.05, 3.63) is 0 Å². The van der Waals surface area contributed by atoms with Crippen molar-refractivity contribution < 1.29 is 29.0 Å². The Morgan fingerprint density at radius 1 is 1.36 bits per heavy atom. The van der Waals surface area contributed by atoms with Crippen molar-refractivity contribution in [3.63, 3.8) is 0 Å². The highest BCUT2D eigenvalue weighted by molar-refractivity contribution is 5.83. The number of carbonyl (C=O) groups is 3. The number of aliphatic carboxylic acids is 1. The topological polar surface area (TPSA) is 89.9 Å². The van der Waals surface area contributed by atoms with E-state index < -0.39 is 30.4 Å². The fourth-order valence-electron chi connectivity index (χ4n) is 0.767. The Kier molecular flexibility index (Phi) is 5.28. The van der Waals surface area contributed by atoms with E-state index in [1.807, 2.05) is 0 Å². The largest absolute Gasteiger partial charge is 0.481 e. The maximum Gasteiger partial charge on any atom is 0.348 e. The van der Waals surface area contributed by atoms with Gasteiger partial charge < -0.3 is 14.6 Å². The molecule has 0 aromatic heterocycles. The molecule has 0 unspecified atom stereocenters. The second kappa shape index (κ2) is 5.95. The molecule has 0 aliphatic heterocycles. The highest BCUT2D eigenvalue weighted by Gasteiger charge is 2.25. The average Bonchev–Trinajstić information content (AvgIpc) is 2.01. The minimum absolute atomic E-state index is 0.107. The standard InChI is InChI=1S/C8H12O6/c1-3-13-8(12)6(4-7(10)11)14-5(2)9/h6H,3-4H2,1-2H3,(H,10,11)/t6-/m0/s1. The maximum absolute atomic E-state index is 11.1. The van der Waals surface area contributed by atoms with Crippen LogP contribution in [-0.4, -0.2) is 35.7 Å². The van der Waals surface area contributed by atoms with Crippen LogP contribution in [0.3, 0.4) is 0 Å². The SMILES string of the molecule is CCOC(=O)[C@H](CC(=O)O)OC(C)=O. The molecule has 80 valence electrons. The second-order valence-corrected chi connectivity index (χ2v) is 2.45. The first kappa shape index (κ1) is 12.4. The van der Waals surface area contributed by atoms with E-state index >= 15 is 0 Å². The van der Waals surface area contributed by atoms with E-state index in [-0.39, 0.29) is 6.61 Å². The number of esters is 2. The molecule has 6 heteroatoms. The number of carboxylic acid groups (broad SMARTS) is 1. The van der Waals surface area contributed by atoms with E-state index in [0.717, 1.165) is 6.92 Å². The number of carboxylic acids is 1. The molecule has 0 bridgehead atoms. The van der Waals surface area contributed by atoms with Crippen molar-refractivity contribution in [2.45, 2.75) is 26.4 Å². The number of rotatable bonds is 5. The zero-order chi connectivity index (χ0) is 11.1. The normalized spacial score (nSPS) is 11.6. The summed E-state index contributed by atoms with van der Waals surface area (Å²) in [5.41, 5.74) is 0. The van der Waals surface area contributed by atoms with Crippen LogP contribution in [-0.2, 0) is 23.9 Å². The summed E-state index contributed by atoms with van der Waals surface area (Å²) >= 11 is 0. The number of hydrogen-bond acceptors (Lipinski definition) is 5. The molecule has 0 saturated carbocycles. The third kappa shape index (κ3) is 5.13. The van der Waals surface area contributed by atoms with Crippen LogP contribution in [0, 0.1) is 0 Å². The van der Waals surface area contributed by atoms with Crippen molar-refractivity contribution in [1.82, 2.24) is 0 Å². The van der Waals surface area contributed by atoms with E-state index in [1.165, 1.54) is 0 Å². The van der Waals surface area contributed by atoms with Crippen LogP contribution < -0.4 is 0 Å². The van der Waals surface area contributed by atoms with E-state index in [2.05, 4.69) is 9.47 Å². The van der Waals surface area contributed by atoms with Crippen LogP contribution in [0.15, 0.2) is 0 Å². The van der Waals surface area contributed by atoms with Crippen molar-refractivity contribution in [3.8, 4) is 0 Å². The van der Waals surface area contributed by atoms with Crippen LogP contribution in [0.2, 0.25) is 0 Å². The molecule has 0 aliphatic carbocycles. The number of hydrogen-bond donors (Lipinski definition) is 1. The summed E-state index contributed by atoms with van der Waals surface area (Å²) in [4.78, 5) is 31.9. The predicted octanol–water partition coefficient (Wildman–Crippen LogP) is -0.0441. The van der Waals surface area contributed by atoms with Crippen LogP contribution in [0.4, 0.5) is 0 Å². The first-order valence-electron chi connectivity index (χ1n) is 4.03. The third-order valence-corrected chi connectivity index (χ3v) is 1.22. The Morgan fingerprint density at radius 3 is 2.29 bits per heavy atom. The highest BCUT2D eigenvalue weighted by atomic mass is 16.6. The first-order valence-corrected chi connectivity index (χ1v) is 4.03. The van der Waals surface area contributed by atoms with Gasteiger partial charge in [-0.2, -0.15) is 0 Å². The monoisotopic (exact) mass is 204 g/mol. The molecule has 0 heterocycles. The van der Waals surface area contributed by atoms with Crippen molar-refractivity contribution >= 4 is 17.9 Å². The van der Waals surface area contributed by atoms with Gasteiger partial charge in [0.2, 0.25) is 6.10 Å². The minimum atomic E-state index is -1.36.